The van der Waals surface area contributed by atoms with E-state index in [0.29, 0.717) is 6.42 Å². The molecule has 234 valence electrons. The summed E-state index contributed by atoms with van der Waals surface area (Å²) in [6.07, 6.45) is 1.67. The largest absolute Gasteiger partial charge is 0.472 e. The lowest BCUT2D eigenvalue weighted by Crippen LogP contribution is -2.64. The highest BCUT2D eigenvalue weighted by molar-refractivity contribution is 7.47. The van der Waals surface area contributed by atoms with Gasteiger partial charge in [0.25, 0.3) is 0 Å². The number of hydrogen-bond donors (Lipinski definition) is 6. The van der Waals surface area contributed by atoms with Gasteiger partial charge in [-0.3, -0.25) is 18.6 Å². The van der Waals surface area contributed by atoms with Gasteiger partial charge in [0.2, 0.25) is 0 Å². The number of allylic oxidation sites excluding steroid dienone is 2. The summed E-state index contributed by atoms with van der Waals surface area (Å²) in [4.78, 5) is 33.5. The van der Waals surface area contributed by atoms with Crippen molar-refractivity contribution >= 4 is 19.8 Å². The average Bonchev–Trinajstić information content (AvgIpc) is 2.91. The van der Waals surface area contributed by atoms with Gasteiger partial charge < -0.3 is 39.9 Å². The summed E-state index contributed by atoms with van der Waals surface area (Å²) >= 11 is 0. The molecule has 1 rings (SSSR count). The van der Waals surface area contributed by atoms with Crippen LogP contribution in [0.1, 0.15) is 84.5 Å². The number of aliphatic hydroxyl groups is 5. The van der Waals surface area contributed by atoms with Crippen molar-refractivity contribution in [2.24, 2.45) is 0 Å². The standard InChI is InChI=1S/C26H47O13P/c1-3-4-5-6-7-8-9-10-11-12-13-14-15-20(28)38-19(16-36-18(2)27)17-37-40(34,35)39-26-24(32)22(30)21(29)23(31)25(26)33/h7-8,19,21-26,29-33H,3-6,9-17H2,1-2H3,(H,34,35)/b8-7-. The number of unbranched alkanes of at least 4 members (excludes halogenated alkanes) is 8. The molecule has 1 aliphatic carbocycles. The van der Waals surface area contributed by atoms with Gasteiger partial charge in [-0.15, -0.1) is 0 Å². The monoisotopic (exact) mass is 598 g/mol. The van der Waals surface area contributed by atoms with Crippen LogP contribution in [0.25, 0.3) is 0 Å². The average molecular weight is 599 g/mol. The summed E-state index contributed by atoms with van der Waals surface area (Å²) in [6, 6.07) is 0. The Bertz CT molecular complexity index is 791. The Kier molecular flexibility index (Phi) is 18.0. The van der Waals surface area contributed by atoms with Crippen molar-refractivity contribution < 1.29 is 63.1 Å². The van der Waals surface area contributed by atoms with E-state index >= 15 is 0 Å². The molecule has 13 nitrogen and oxygen atoms in total. The van der Waals surface area contributed by atoms with Gasteiger partial charge in [0.05, 0.1) is 6.61 Å². The van der Waals surface area contributed by atoms with Crippen molar-refractivity contribution in [3.05, 3.63) is 12.2 Å². The molecule has 6 N–H and O–H groups in total. The lowest BCUT2D eigenvalue weighted by atomic mass is 9.85. The summed E-state index contributed by atoms with van der Waals surface area (Å²) in [6.45, 7) is 2.09. The molecule has 6 unspecified atom stereocenters. The first-order valence-corrected chi connectivity index (χ1v) is 15.4. The van der Waals surface area contributed by atoms with Crippen molar-refractivity contribution in [3.63, 3.8) is 0 Å². The molecule has 0 radical (unpaired) electrons. The Hall–Kier alpha value is -1.41. The van der Waals surface area contributed by atoms with Crippen LogP contribution in [-0.2, 0) is 32.7 Å². The van der Waals surface area contributed by atoms with Crippen LogP contribution in [-0.4, -0.2) is 98.3 Å². The number of hydrogen-bond acceptors (Lipinski definition) is 12. The van der Waals surface area contributed by atoms with E-state index in [1.165, 1.54) is 19.3 Å². The second kappa shape index (κ2) is 19.7. The van der Waals surface area contributed by atoms with Crippen LogP contribution in [0.3, 0.4) is 0 Å². The van der Waals surface area contributed by atoms with E-state index in [1.54, 1.807) is 0 Å². The van der Waals surface area contributed by atoms with Gasteiger partial charge in [-0.2, -0.15) is 0 Å². The molecule has 0 heterocycles. The molecule has 0 spiro atoms. The number of rotatable bonds is 20. The van der Waals surface area contributed by atoms with Gasteiger partial charge in [0, 0.05) is 13.3 Å². The SMILES string of the molecule is CCCCC/C=C\CCCCCCCC(=O)OC(COC(C)=O)COP(=O)(O)OC1C(O)C(O)C(O)C(O)C1O. The molecule has 0 bridgehead atoms. The van der Waals surface area contributed by atoms with Crippen LogP contribution >= 0.6 is 7.82 Å². The Morgan fingerprint density at radius 3 is 1.90 bits per heavy atom. The fourth-order valence-corrected chi connectivity index (χ4v) is 5.04. The van der Waals surface area contributed by atoms with Gasteiger partial charge in [-0.05, 0) is 32.1 Å². The lowest BCUT2D eigenvalue weighted by molar-refractivity contribution is -0.220. The minimum Gasteiger partial charge on any atom is -0.462 e. The molecule has 1 saturated carbocycles. The van der Waals surface area contributed by atoms with E-state index in [9.17, 15) is 44.6 Å². The van der Waals surface area contributed by atoms with Crippen LogP contribution in [0.4, 0.5) is 0 Å². The normalized spacial score (nSPS) is 27.3. The number of carbonyl (C=O) groups excluding carboxylic acids is 2. The highest BCUT2D eigenvalue weighted by Crippen LogP contribution is 2.47. The summed E-state index contributed by atoms with van der Waals surface area (Å²) < 4.78 is 32.0. The topological polar surface area (TPSA) is 210 Å². The molecule has 14 heteroatoms. The van der Waals surface area contributed by atoms with Crippen LogP contribution in [0.15, 0.2) is 12.2 Å². The van der Waals surface area contributed by atoms with E-state index in [0.717, 1.165) is 45.4 Å². The van der Waals surface area contributed by atoms with E-state index in [1.807, 2.05) is 0 Å². The molecule has 0 aromatic carbocycles. The molecule has 0 aromatic rings. The van der Waals surface area contributed by atoms with Gasteiger partial charge in [0.15, 0.2) is 6.10 Å². The Morgan fingerprint density at radius 2 is 1.32 bits per heavy atom. The second-order valence-electron chi connectivity index (χ2n) is 9.98. The van der Waals surface area contributed by atoms with E-state index in [4.69, 9.17) is 18.5 Å². The molecule has 0 aliphatic heterocycles. The maximum absolute atomic E-state index is 12.4. The molecule has 0 saturated heterocycles. The highest BCUT2D eigenvalue weighted by Gasteiger charge is 2.51. The number of aliphatic hydroxyl groups excluding tert-OH is 5. The second-order valence-corrected chi connectivity index (χ2v) is 11.4. The predicted molar refractivity (Wildman–Crippen MR) is 143 cm³/mol. The van der Waals surface area contributed by atoms with E-state index in [2.05, 4.69) is 19.1 Å². The minimum absolute atomic E-state index is 0.0831. The molecule has 40 heavy (non-hydrogen) atoms. The van der Waals surface area contributed by atoms with Crippen LogP contribution in [0.2, 0.25) is 0 Å². The van der Waals surface area contributed by atoms with E-state index < -0.39 is 75.7 Å². The van der Waals surface area contributed by atoms with Crippen molar-refractivity contribution in [1.82, 2.24) is 0 Å². The number of phosphoric ester groups is 1. The minimum atomic E-state index is -5.06. The van der Waals surface area contributed by atoms with Crippen LogP contribution < -0.4 is 0 Å². The van der Waals surface area contributed by atoms with Crippen molar-refractivity contribution in [2.45, 2.75) is 127 Å². The number of ether oxygens (including phenoxy) is 2. The molecular weight excluding hydrogens is 551 g/mol. The maximum Gasteiger partial charge on any atom is 0.472 e. The third-order valence-electron chi connectivity index (χ3n) is 6.41. The Balaban J connectivity index is 2.44. The first kappa shape index (κ1) is 36.6. The fraction of sp³-hybridized carbons (Fsp3) is 0.846. The maximum atomic E-state index is 12.4. The zero-order valence-corrected chi connectivity index (χ0v) is 24.3. The predicted octanol–water partition coefficient (Wildman–Crippen LogP) is 1.65. The molecule has 1 aliphatic rings. The molecule has 6 atom stereocenters. The zero-order valence-electron chi connectivity index (χ0n) is 23.4. The Labute approximate surface area is 235 Å². The molecular formula is C26H47O13P. The zero-order chi connectivity index (χ0) is 30.1. The van der Waals surface area contributed by atoms with Crippen LogP contribution in [0, 0.1) is 0 Å². The third kappa shape index (κ3) is 14.5. The van der Waals surface area contributed by atoms with Gasteiger partial charge in [0.1, 0.15) is 43.2 Å². The van der Waals surface area contributed by atoms with Crippen molar-refractivity contribution in [2.75, 3.05) is 13.2 Å². The van der Waals surface area contributed by atoms with Crippen molar-refractivity contribution in [1.29, 1.82) is 0 Å². The quantitative estimate of drug-likeness (QED) is 0.0510. The summed E-state index contributed by atoms with van der Waals surface area (Å²) in [5, 5.41) is 49.1. The number of phosphoric acid groups is 1. The van der Waals surface area contributed by atoms with Crippen LogP contribution in [0.5, 0.6) is 0 Å². The lowest BCUT2D eigenvalue weighted by Gasteiger charge is -2.41. The molecule has 0 aromatic heterocycles. The number of carbonyl (C=O) groups is 2. The smallest absolute Gasteiger partial charge is 0.462 e. The van der Waals surface area contributed by atoms with Gasteiger partial charge >= 0.3 is 19.8 Å². The summed E-state index contributed by atoms with van der Waals surface area (Å²) in [7, 11) is -5.06. The fourth-order valence-electron chi connectivity index (χ4n) is 4.06. The third-order valence-corrected chi connectivity index (χ3v) is 7.40. The van der Waals surface area contributed by atoms with E-state index in [-0.39, 0.29) is 6.42 Å². The number of esters is 2. The summed E-state index contributed by atoms with van der Waals surface area (Å²) in [5.74, 6) is -1.31. The first-order valence-electron chi connectivity index (χ1n) is 13.9. The molecule has 1 fully saturated rings. The first-order chi connectivity index (χ1) is 18.9. The van der Waals surface area contributed by atoms with Gasteiger partial charge in [-0.1, -0.05) is 51.2 Å². The highest BCUT2D eigenvalue weighted by atomic mass is 31.2. The van der Waals surface area contributed by atoms with Gasteiger partial charge in [-0.25, -0.2) is 4.57 Å². The van der Waals surface area contributed by atoms with Crippen molar-refractivity contribution in [3.8, 4) is 0 Å². The Morgan fingerprint density at radius 1 is 0.800 bits per heavy atom. The molecule has 0 amide bonds. The summed E-state index contributed by atoms with van der Waals surface area (Å²) in [5.41, 5.74) is 0.